The van der Waals surface area contributed by atoms with E-state index in [1.165, 1.54) is 12.1 Å². The van der Waals surface area contributed by atoms with E-state index in [0.29, 0.717) is 24.3 Å². The van der Waals surface area contributed by atoms with E-state index in [1.54, 1.807) is 6.07 Å². The lowest BCUT2D eigenvalue weighted by atomic mass is 10.1. The van der Waals surface area contributed by atoms with Crippen LogP contribution in [0.4, 0.5) is 4.39 Å². The summed E-state index contributed by atoms with van der Waals surface area (Å²) in [6.07, 6.45) is 0. The van der Waals surface area contributed by atoms with E-state index in [2.05, 4.69) is 0 Å². The van der Waals surface area contributed by atoms with E-state index in [1.807, 2.05) is 30.3 Å². The number of hydrogen-bond donors (Lipinski definition) is 2. The predicted octanol–water partition coefficient (Wildman–Crippen LogP) is 2.71. The Balaban J connectivity index is 1.77. The van der Waals surface area contributed by atoms with Crippen LogP contribution in [0.5, 0.6) is 5.75 Å². The highest BCUT2D eigenvalue weighted by atomic mass is 19.1. The van der Waals surface area contributed by atoms with Gasteiger partial charge in [0.2, 0.25) is 0 Å². The molecule has 0 aromatic heterocycles. The number of ether oxygens (including phenoxy) is 2. The van der Waals surface area contributed by atoms with Gasteiger partial charge < -0.3 is 15.2 Å². The third-order valence-corrected chi connectivity index (χ3v) is 2.78. The number of rotatable bonds is 7. The molecule has 0 unspecified atom stereocenters. The lowest BCUT2D eigenvalue weighted by Crippen LogP contribution is -2.12. The van der Waals surface area contributed by atoms with Crippen LogP contribution in [0.2, 0.25) is 0 Å². The second-order valence-electron chi connectivity index (χ2n) is 4.48. The van der Waals surface area contributed by atoms with Gasteiger partial charge in [0.05, 0.1) is 13.2 Å². The highest BCUT2D eigenvalue weighted by Crippen LogP contribution is 2.11. The van der Waals surface area contributed by atoms with Crippen LogP contribution in [0.15, 0.2) is 48.5 Å². The van der Waals surface area contributed by atoms with Crippen LogP contribution in [-0.2, 0) is 11.3 Å². The minimum Gasteiger partial charge on any atom is -0.491 e. The molecular weight excluding hydrogens is 271 g/mol. The van der Waals surface area contributed by atoms with E-state index in [0.717, 1.165) is 5.75 Å². The number of nitrogens with two attached hydrogens (primary N) is 1. The van der Waals surface area contributed by atoms with Crippen LogP contribution >= 0.6 is 0 Å². The lowest BCUT2D eigenvalue weighted by molar-refractivity contribution is 0.0888. The monoisotopic (exact) mass is 288 g/mol. The predicted molar refractivity (Wildman–Crippen MR) is 79.0 cm³/mol. The van der Waals surface area contributed by atoms with Crippen LogP contribution < -0.4 is 10.5 Å². The number of nitrogen functional groups attached to an aromatic ring is 1. The van der Waals surface area contributed by atoms with Crippen molar-refractivity contribution in [1.29, 1.82) is 5.41 Å². The van der Waals surface area contributed by atoms with Crippen molar-refractivity contribution >= 4 is 5.84 Å². The molecule has 2 aromatic rings. The average Bonchev–Trinajstić information content (AvgIpc) is 2.47. The fourth-order valence-corrected chi connectivity index (χ4v) is 1.81. The summed E-state index contributed by atoms with van der Waals surface area (Å²) < 4.78 is 24.3. The van der Waals surface area contributed by atoms with Crippen LogP contribution in [0.1, 0.15) is 11.1 Å². The van der Waals surface area contributed by atoms with Gasteiger partial charge in [0.1, 0.15) is 24.0 Å². The Kier molecular flexibility index (Phi) is 5.29. The van der Waals surface area contributed by atoms with Gasteiger partial charge in [-0.05, 0) is 35.9 Å². The molecule has 5 heteroatoms. The molecule has 0 fully saturated rings. The van der Waals surface area contributed by atoms with E-state index in [4.69, 9.17) is 20.6 Å². The summed E-state index contributed by atoms with van der Waals surface area (Å²) in [7, 11) is 0. The van der Waals surface area contributed by atoms with E-state index in [-0.39, 0.29) is 12.4 Å². The Labute approximate surface area is 122 Å². The fourth-order valence-electron chi connectivity index (χ4n) is 1.81. The SMILES string of the molecule is N=C(N)c1cc(F)cc(COCCOc2ccccc2)c1. The maximum absolute atomic E-state index is 13.4. The molecule has 0 saturated heterocycles. The molecule has 0 aliphatic heterocycles. The third-order valence-electron chi connectivity index (χ3n) is 2.78. The maximum atomic E-state index is 13.4. The molecule has 0 heterocycles. The van der Waals surface area contributed by atoms with Crippen LogP contribution in [0.3, 0.4) is 0 Å². The zero-order chi connectivity index (χ0) is 15.1. The van der Waals surface area contributed by atoms with Crippen molar-refractivity contribution in [3.63, 3.8) is 0 Å². The average molecular weight is 288 g/mol. The maximum Gasteiger partial charge on any atom is 0.124 e. The summed E-state index contributed by atoms with van der Waals surface area (Å²) in [6, 6.07) is 13.7. The summed E-state index contributed by atoms with van der Waals surface area (Å²) in [5.41, 5.74) is 6.34. The molecule has 0 amide bonds. The Bertz CT molecular complexity index is 602. The zero-order valence-electron chi connectivity index (χ0n) is 11.5. The second-order valence-corrected chi connectivity index (χ2v) is 4.48. The quantitative estimate of drug-likeness (QED) is 0.467. The molecule has 0 radical (unpaired) electrons. The van der Waals surface area contributed by atoms with Crippen molar-refractivity contribution in [2.75, 3.05) is 13.2 Å². The van der Waals surface area contributed by atoms with Crippen molar-refractivity contribution in [2.24, 2.45) is 5.73 Å². The Morgan fingerprint density at radius 1 is 1.10 bits per heavy atom. The van der Waals surface area contributed by atoms with Crippen LogP contribution in [0.25, 0.3) is 0 Å². The largest absolute Gasteiger partial charge is 0.491 e. The first-order chi connectivity index (χ1) is 10.1. The molecule has 0 atom stereocenters. The molecule has 0 bridgehead atoms. The third kappa shape index (κ3) is 4.89. The molecule has 0 aliphatic rings. The van der Waals surface area contributed by atoms with Crippen molar-refractivity contribution < 1.29 is 13.9 Å². The van der Waals surface area contributed by atoms with Gasteiger partial charge >= 0.3 is 0 Å². The number of para-hydroxylation sites is 1. The fraction of sp³-hybridized carbons (Fsp3) is 0.188. The number of benzene rings is 2. The highest BCUT2D eigenvalue weighted by molar-refractivity contribution is 5.95. The first-order valence-corrected chi connectivity index (χ1v) is 6.54. The summed E-state index contributed by atoms with van der Waals surface area (Å²) in [6.45, 7) is 1.05. The van der Waals surface area contributed by atoms with Gasteiger partial charge in [-0.2, -0.15) is 0 Å². The molecule has 0 spiro atoms. The van der Waals surface area contributed by atoms with Gasteiger partial charge in [0.25, 0.3) is 0 Å². The van der Waals surface area contributed by atoms with Gasteiger partial charge in [0, 0.05) is 5.56 Å². The summed E-state index contributed by atoms with van der Waals surface area (Å²) >= 11 is 0. The van der Waals surface area contributed by atoms with Crippen molar-refractivity contribution in [2.45, 2.75) is 6.61 Å². The number of amidine groups is 1. The van der Waals surface area contributed by atoms with Crippen LogP contribution in [-0.4, -0.2) is 19.0 Å². The minimum absolute atomic E-state index is 0.164. The number of hydrogen-bond acceptors (Lipinski definition) is 3. The summed E-state index contributed by atoms with van der Waals surface area (Å²) in [5.74, 6) is 0.190. The minimum atomic E-state index is -0.429. The second kappa shape index (κ2) is 7.40. The number of nitrogens with one attached hydrogen (secondary N) is 1. The van der Waals surface area contributed by atoms with Gasteiger partial charge in [-0.25, -0.2) is 4.39 Å². The smallest absolute Gasteiger partial charge is 0.124 e. The van der Waals surface area contributed by atoms with Gasteiger partial charge in [0.15, 0.2) is 0 Å². The lowest BCUT2D eigenvalue weighted by Gasteiger charge is -2.08. The van der Waals surface area contributed by atoms with Crippen LogP contribution in [0, 0.1) is 11.2 Å². The van der Waals surface area contributed by atoms with E-state index in [9.17, 15) is 4.39 Å². The Morgan fingerprint density at radius 2 is 1.86 bits per heavy atom. The van der Waals surface area contributed by atoms with E-state index >= 15 is 0 Å². The van der Waals surface area contributed by atoms with Gasteiger partial charge in [-0.3, -0.25) is 5.41 Å². The Morgan fingerprint density at radius 3 is 2.57 bits per heavy atom. The topological polar surface area (TPSA) is 68.3 Å². The first-order valence-electron chi connectivity index (χ1n) is 6.54. The van der Waals surface area contributed by atoms with Gasteiger partial charge in [-0.1, -0.05) is 18.2 Å². The highest BCUT2D eigenvalue weighted by Gasteiger charge is 2.03. The molecule has 21 heavy (non-hydrogen) atoms. The molecule has 4 nitrogen and oxygen atoms in total. The molecule has 3 N–H and O–H groups in total. The first kappa shape index (κ1) is 15.0. The van der Waals surface area contributed by atoms with Crippen molar-refractivity contribution in [1.82, 2.24) is 0 Å². The standard InChI is InChI=1S/C16H17FN2O2/c17-14-9-12(8-13(10-14)16(18)19)11-20-6-7-21-15-4-2-1-3-5-15/h1-5,8-10H,6-7,11H2,(H3,18,19). The van der Waals surface area contributed by atoms with Gasteiger partial charge in [-0.15, -0.1) is 0 Å². The zero-order valence-corrected chi connectivity index (χ0v) is 11.5. The molecular formula is C16H17FN2O2. The summed E-state index contributed by atoms with van der Waals surface area (Å²) in [4.78, 5) is 0. The Hall–Kier alpha value is -2.40. The summed E-state index contributed by atoms with van der Waals surface area (Å²) in [5, 5.41) is 7.32. The van der Waals surface area contributed by atoms with Crippen molar-refractivity contribution in [3.8, 4) is 5.75 Å². The molecule has 2 rings (SSSR count). The number of halogens is 1. The van der Waals surface area contributed by atoms with Crippen molar-refractivity contribution in [3.05, 3.63) is 65.5 Å². The normalized spacial score (nSPS) is 10.3. The molecule has 0 aliphatic carbocycles. The molecule has 110 valence electrons. The molecule has 0 saturated carbocycles. The molecule has 2 aromatic carbocycles. The van der Waals surface area contributed by atoms with E-state index < -0.39 is 5.82 Å².